The molecule has 3 N–H and O–H groups in total. The van der Waals surface area contributed by atoms with Crippen LogP contribution in [-0.4, -0.2) is 36.2 Å². The topological polar surface area (TPSA) is 61.4 Å². The number of unbranched alkanes of at least 4 members (excludes halogenated alkanes) is 1. The molecular weight excluding hydrogens is 216 g/mol. The molecule has 1 aliphatic rings. The molecule has 0 saturated heterocycles. The molecule has 1 saturated carbocycles. The first-order valence-electron chi connectivity index (χ1n) is 6.84. The highest BCUT2D eigenvalue weighted by Gasteiger charge is 2.25. The van der Waals surface area contributed by atoms with Crippen LogP contribution in [0.4, 0.5) is 0 Å². The van der Waals surface area contributed by atoms with E-state index in [2.05, 4.69) is 17.6 Å². The minimum absolute atomic E-state index is 0.0611. The van der Waals surface area contributed by atoms with Gasteiger partial charge in [-0.15, -0.1) is 0 Å². The van der Waals surface area contributed by atoms with E-state index in [1.165, 1.54) is 0 Å². The summed E-state index contributed by atoms with van der Waals surface area (Å²) in [5.74, 6) is 0.381. The zero-order valence-electron chi connectivity index (χ0n) is 11.0. The fraction of sp³-hybridized carbons (Fsp3) is 0.923. The van der Waals surface area contributed by atoms with Gasteiger partial charge in [0, 0.05) is 13.1 Å². The van der Waals surface area contributed by atoms with Crippen molar-refractivity contribution in [1.29, 1.82) is 0 Å². The Bertz CT molecular complexity index is 233. The molecule has 3 atom stereocenters. The standard InChI is InChI=1S/C13H26N2O2/c1-3-4-8-14-13(17)10(2)15-9-11-6-5-7-12(11)16/h10-12,15-16H,3-9H2,1-2H3,(H,14,17). The Morgan fingerprint density at radius 1 is 1.47 bits per heavy atom. The van der Waals surface area contributed by atoms with Crippen molar-refractivity contribution in [2.45, 2.75) is 58.1 Å². The average molecular weight is 242 g/mol. The molecule has 100 valence electrons. The van der Waals surface area contributed by atoms with Gasteiger partial charge in [-0.1, -0.05) is 19.8 Å². The van der Waals surface area contributed by atoms with E-state index in [-0.39, 0.29) is 18.1 Å². The summed E-state index contributed by atoms with van der Waals surface area (Å²) >= 11 is 0. The van der Waals surface area contributed by atoms with Crippen LogP contribution in [0.2, 0.25) is 0 Å². The quantitative estimate of drug-likeness (QED) is 0.585. The van der Waals surface area contributed by atoms with Gasteiger partial charge in [-0.25, -0.2) is 0 Å². The van der Waals surface area contributed by atoms with Crippen molar-refractivity contribution in [3.05, 3.63) is 0 Å². The van der Waals surface area contributed by atoms with Gasteiger partial charge in [0.1, 0.15) is 0 Å². The minimum Gasteiger partial charge on any atom is -0.393 e. The Morgan fingerprint density at radius 2 is 2.24 bits per heavy atom. The zero-order valence-corrected chi connectivity index (χ0v) is 11.0. The van der Waals surface area contributed by atoms with E-state index >= 15 is 0 Å². The molecule has 1 aliphatic carbocycles. The number of aliphatic hydroxyl groups excluding tert-OH is 1. The Hall–Kier alpha value is -0.610. The van der Waals surface area contributed by atoms with Crippen molar-refractivity contribution in [2.75, 3.05) is 13.1 Å². The SMILES string of the molecule is CCCCNC(=O)C(C)NCC1CCCC1O. The van der Waals surface area contributed by atoms with Crippen LogP contribution in [0, 0.1) is 5.92 Å². The summed E-state index contributed by atoms with van der Waals surface area (Å²) in [6, 6.07) is -0.167. The average Bonchev–Trinajstić information content (AvgIpc) is 2.72. The third-order valence-corrected chi connectivity index (χ3v) is 3.53. The fourth-order valence-electron chi connectivity index (χ4n) is 2.22. The monoisotopic (exact) mass is 242 g/mol. The largest absolute Gasteiger partial charge is 0.393 e. The van der Waals surface area contributed by atoms with Gasteiger partial charge in [-0.2, -0.15) is 0 Å². The lowest BCUT2D eigenvalue weighted by Gasteiger charge is -2.19. The number of carbonyl (C=O) groups is 1. The molecule has 0 radical (unpaired) electrons. The number of hydrogen-bond donors (Lipinski definition) is 3. The van der Waals surface area contributed by atoms with Gasteiger partial charge in [0.2, 0.25) is 5.91 Å². The molecule has 0 aromatic rings. The van der Waals surface area contributed by atoms with Crippen LogP contribution in [0.1, 0.15) is 46.0 Å². The van der Waals surface area contributed by atoms with E-state index in [1.54, 1.807) is 0 Å². The Balaban J connectivity index is 2.15. The van der Waals surface area contributed by atoms with Gasteiger partial charge in [-0.05, 0) is 32.1 Å². The normalized spacial score (nSPS) is 25.8. The van der Waals surface area contributed by atoms with Gasteiger partial charge >= 0.3 is 0 Å². The van der Waals surface area contributed by atoms with Crippen LogP contribution in [0.25, 0.3) is 0 Å². The van der Waals surface area contributed by atoms with Gasteiger partial charge in [0.05, 0.1) is 12.1 Å². The maximum atomic E-state index is 11.7. The van der Waals surface area contributed by atoms with Crippen LogP contribution in [0.3, 0.4) is 0 Å². The van der Waals surface area contributed by atoms with Crippen molar-refractivity contribution >= 4 is 5.91 Å². The second-order valence-corrected chi connectivity index (χ2v) is 5.03. The molecule has 0 spiro atoms. The molecule has 1 amide bonds. The van der Waals surface area contributed by atoms with Crippen molar-refractivity contribution in [3.8, 4) is 0 Å². The van der Waals surface area contributed by atoms with Crippen LogP contribution in [0.15, 0.2) is 0 Å². The van der Waals surface area contributed by atoms with E-state index in [0.29, 0.717) is 5.92 Å². The molecule has 3 unspecified atom stereocenters. The summed E-state index contributed by atoms with van der Waals surface area (Å²) in [5.41, 5.74) is 0. The molecule has 4 nitrogen and oxygen atoms in total. The predicted molar refractivity (Wildman–Crippen MR) is 68.7 cm³/mol. The fourth-order valence-corrected chi connectivity index (χ4v) is 2.22. The zero-order chi connectivity index (χ0) is 12.7. The Kier molecular flexibility index (Phi) is 6.52. The molecule has 1 fully saturated rings. The molecule has 17 heavy (non-hydrogen) atoms. The number of carbonyl (C=O) groups excluding carboxylic acids is 1. The minimum atomic E-state index is -0.183. The Labute approximate surface area is 104 Å². The van der Waals surface area contributed by atoms with Crippen molar-refractivity contribution in [1.82, 2.24) is 10.6 Å². The maximum Gasteiger partial charge on any atom is 0.236 e. The molecule has 1 rings (SSSR count). The van der Waals surface area contributed by atoms with Gasteiger partial charge in [0.25, 0.3) is 0 Å². The summed E-state index contributed by atoms with van der Waals surface area (Å²) in [7, 11) is 0. The van der Waals surface area contributed by atoms with Crippen LogP contribution < -0.4 is 10.6 Å². The molecule has 0 bridgehead atoms. The first-order valence-corrected chi connectivity index (χ1v) is 6.84. The Morgan fingerprint density at radius 3 is 2.82 bits per heavy atom. The third-order valence-electron chi connectivity index (χ3n) is 3.53. The number of hydrogen-bond acceptors (Lipinski definition) is 3. The van der Waals surface area contributed by atoms with Crippen LogP contribution in [0.5, 0.6) is 0 Å². The number of nitrogens with one attached hydrogen (secondary N) is 2. The highest BCUT2D eigenvalue weighted by atomic mass is 16.3. The van der Waals surface area contributed by atoms with Crippen LogP contribution >= 0.6 is 0 Å². The van der Waals surface area contributed by atoms with E-state index < -0.39 is 0 Å². The lowest BCUT2D eigenvalue weighted by Crippen LogP contribution is -2.44. The first-order chi connectivity index (χ1) is 8.15. The van der Waals surface area contributed by atoms with Crippen molar-refractivity contribution in [2.24, 2.45) is 5.92 Å². The predicted octanol–water partition coefficient (Wildman–Crippen LogP) is 1.04. The molecule has 0 aliphatic heterocycles. The summed E-state index contributed by atoms with van der Waals surface area (Å²) in [4.78, 5) is 11.7. The maximum absolute atomic E-state index is 11.7. The van der Waals surface area contributed by atoms with Crippen molar-refractivity contribution in [3.63, 3.8) is 0 Å². The molecule has 0 heterocycles. The smallest absolute Gasteiger partial charge is 0.236 e. The second-order valence-electron chi connectivity index (χ2n) is 5.03. The van der Waals surface area contributed by atoms with Crippen molar-refractivity contribution < 1.29 is 9.90 Å². The molecule has 0 aromatic carbocycles. The summed E-state index contributed by atoms with van der Waals surface area (Å²) in [5, 5.41) is 15.8. The second kappa shape index (κ2) is 7.67. The van der Waals surface area contributed by atoms with Gasteiger partial charge < -0.3 is 15.7 Å². The summed E-state index contributed by atoms with van der Waals surface area (Å²) < 4.78 is 0. The van der Waals surface area contributed by atoms with Gasteiger partial charge in [0.15, 0.2) is 0 Å². The molecule has 4 heteroatoms. The first kappa shape index (κ1) is 14.5. The van der Waals surface area contributed by atoms with E-state index in [4.69, 9.17) is 0 Å². The number of amides is 1. The molecular formula is C13H26N2O2. The van der Waals surface area contributed by atoms with Gasteiger partial charge in [-0.3, -0.25) is 4.79 Å². The highest BCUT2D eigenvalue weighted by Crippen LogP contribution is 2.24. The molecule has 0 aromatic heterocycles. The summed E-state index contributed by atoms with van der Waals surface area (Å²) in [6.45, 7) is 5.48. The number of aliphatic hydroxyl groups is 1. The lowest BCUT2D eigenvalue weighted by molar-refractivity contribution is -0.122. The van der Waals surface area contributed by atoms with E-state index in [1.807, 2.05) is 6.92 Å². The highest BCUT2D eigenvalue weighted by molar-refractivity contribution is 5.81. The number of rotatable bonds is 7. The van der Waals surface area contributed by atoms with E-state index in [9.17, 15) is 9.90 Å². The lowest BCUT2D eigenvalue weighted by atomic mass is 10.1. The van der Waals surface area contributed by atoms with E-state index in [0.717, 1.165) is 45.2 Å². The summed E-state index contributed by atoms with van der Waals surface area (Å²) in [6.07, 6.45) is 5.01. The third kappa shape index (κ3) is 5.04. The van der Waals surface area contributed by atoms with Crippen LogP contribution in [-0.2, 0) is 4.79 Å².